The Morgan fingerprint density at radius 1 is 1.27 bits per heavy atom. The number of nitrogens with zero attached hydrogens (tertiary/aromatic N) is 2. The highest BCUT2D eigenvalue weighted by Crippen LogP contribution is 2.18. The molecule has 1 fully saturated rings. The van der Waals surface area contributed by atoms with E-state index in [0.29, 0.717) is 43.4 Å². The molecule has 0 atom stereocenters. The predicted molar refractivity (Wildman–Crippen MR) is 104 cm³/mol. The van der Waals surface area contributed by atoms with E-state index in [1.165, 1.54) is 28.6 Å². The fourth-order valence-electron chi connectivity index (χ4n) is 2.53. The van der Waals surface area contributed by atoms with Gasteiger partial charge in [-0.15, -0.1) is 6.58 Å². The molecule has 0 aromatic heterocycles. The monoisotopic (exact) mass is 397 g/mol. The van der Waals surface area contributed by atoms with Gasteiger partial charge >= 0.3 is 5.97 Å². The zero-order valence-electron chi connectivity index (χ0n) is 14.7. The summed E-state index contributed by atoms with van der Waals surface area (Å²) in [6, 6.07) is 5.80. The third-order valence-electron chi connectivity index (χ3n) is 3.93. The zero-order chi connectivity index (χ0) is 19.2. The van der Waals surface area contributed by atoms with Crippen molar-refractivity contribution in [3.63, 3.8) is 0 Å². The second kappa shape index (κ2) is 9.11. The summed E-state index contributed by atoms with van der Waals surface area (Å²) in [5.74, 6) is -0.467. The zero-order valence-corrected chi connectivity index (χ0v) is 16.3. The fraction of sp³-hybridized carbons (Fsp3) is 0.412. The minimum Gasteiger partial charge on any atom is -0.462 e. The third kappa shape index (κ3) is 4.80. The molecule has 7 nitrogen and oxygen atoms in total. The van der Waals surface area contributed by atoms with E-state index in [-0.39, 0.29) is 11.5 Å². The van der Waals surface area contributed by atoms with Crippen LogP contribution in [0.25, 0.3) is 0 Å². The standard InChI is InChI=1S/C17H23N3O4S2/c1-3-9-18-17(25)19-10-12-20(13-11-19)26(22,23)15-7-5-14(6-8-15)16(21)24-4-2/h3,5-8H,1,4,9-13H2,2H3,(H,18,25). The van der Waals surface area contributed by atoms with Crippen LogP contribution in [0.4, 0.5) is 0 Å². The Kier molecular flexibility index (Phi) is 7.13. The molecule has 1 heterocycles. The first-order chi connectivity index (χ1) is 12.4. The van der Waals surface area contributed by atoms with Crippen LogP contribution in [-0.2, 0) is 14.8 Å². The summed E-state index contributed by atoms with van der Waals surface area (Å²) in [6.07, 6.45) is 1.72. The molecule has 1 aromatic rings. The van der Waals surface area contributed by atoms with Gasteiger partial charge in [0.1, 0.15) is 0 Å². The Hall–Kier alpha value is -1.97. The van der Waals surface area contributed by atoms with Crippen LogP contribution < -0.4 is 5.32 Å². The van der Waals surface area contributed by atoms with E-state index < -0.39 is 16.0 Å². The lowest BCUT2D eigenvalue weighted by Crippen LogP contribution is -2.53. The number of sulfonamides is 1. The Labute approximate surface area is 159 Å². The second-order valence-corrected chi connectivity index (χ2v) is 7.94. The molecular formula is C17H23N3O4S2. The normalized spacial score (nSPS) is 15.3. The van der Waals surface area contributed by atoms with Crippen LogP contribution in [0.1, 0.15) is 17.3 Å². The van der Waals surface area contributed by atoms with E-state index in [1.54, 1.807) is 13.0 Å². The van der Waals surface area contributed by atoms with Gasteiger partial charge < -0.3 is 15.0 Å². The van der Waals surface area contributed by atoms with Gasteiger partial charge in [0.15, 0.2) is 5.11 Å². The molecule has 142 valence electrons. The molecule has 1 aliphatic heterocycles. The van der Waals surface area contributed by atoms with Crippen LogP contribution in [0.2, 0.25) is 0 Å². The lowest BCUT2D eigenvalue weighted by atomic mass is 10.2. The number of esters is 1. The van der Waals surface area contributed by atoms with Crippen molar-refractivity contribution >= 4 is 33.3 Å². The lowest BCUT2D eigenvalue weighted by Gasteiger charge is -2.35. The van der Waals surface area contributed by atoms with E-state index in [9.17, 15) is 13.2 Å². The van der Waals surface area contributed by atoms with E-state index in [1.807, 2.05) is 4.90 Å². The number of carbonyl (C=O) groups excluding carboxylic acids is 1. The smallest absolute Gasteiger partial charge is 0.338 e. The summed E-state index contributed by atoms with van der Waals surface area (Å²) in [6.45, 7) is 7.91. The van der Waals surface area contributed by atoms with Crippen molar-refractivity contribution in [3.8, 4) is 0 Å². The number of nitrogens with one attached hydrogen (secondary N) is 1. The quantitative estimate of drug-likeness (QED) is 0.439. The number of rotatable bonds is 6. The predicted octanol–water partition coefficient (Wildman–Crippen LogP) is 1.23. The summed E-state index contributed by atoms with van der Waals surface area (Å²) in [7, 11) is -3.61. The number of thiocarbonyl (C=S) groups is 1. The number of hydrogen-bond donors (Lipinski definition) is 1. The van der Waals surface area contributed by atoms with Gasteiger partial charge in [0.25, 0.3) is 0 Å². The number of hydrogen-bond acceptors (Lipinski definition) is 5. The maximum absolute atomic E-state index is 12.8. The molecule has 0 radical (unpaired) electrons. The summed E-state index contributed by atoms with van der Waals surface area (Å²) >= 11 is 5.28. The van der Waals surface area contributed by atoms with Gasteiger partial charge in [-0.1, -0.05) is 6.08 Å². The Balaban J connectivity index is 2.01. The largest absolute Gasteiger partial charge is 0.462 e. The minimum absolute atomic E-state index is 0.159. The number of carbonyl (C=O) groups is 1. The first-order valence-corrected chi connectivity index (χ1v) is 10.2. The van der Waals surface area contributed by atoms with Crippen LogP contribution in [0, 0.1) is 0 Å². The molecular weight excluding hydrogens is 374 g/mol. The van der Waals surface area contributed by atoms with Gasteiger partial charge in [-0.3, -0.25) is 0 Å². The number of ether oxygens (including phenoxy) is 1. The van der Waals surface area contributed by atoms with Crippen molar-refractivity contribution < 1.29 is 17.9 Å². The third-order valence-corrected chi connectivity index (χ3v) is 6.24. The van der Waals surface area contributed by atoms with Gasteiger partial charge in [-0.25, -0.2) is 13.2 Å². The van der Waals surface area contributed by atoms with Gasteiger partial charge in [0, 0.05) is 32.7 Å². The first kappa shape index (κ1) is 20.3. The molecule has 0 aliphatic carbocycles. The van der Waals surface area contributed by atoms with E-state index in [2.05, 4.69) is 11.9 Å². The van der Waals surface area contributed by atoms with Gasteiger partial charge in [-0.2, -0.15) is 4.31 Å². The van der Waals surface area contributed by atoms with Gasteiger partial charge in [0.05, 0.1) is 17.1 Å². The van der Waals surface area contributed by atoms with Crippen molar-refractivity contribution in [2.45, 2.75) is 11.8 Å². The maximum atomic E-state index is 12.8. The van der Waals surface area contributed by atoms with Gasteiger partial charge in [-0.05, 0) is 43.4 Å². The van der Waals surface area contributed by atoms with Crippen molar-refractivity contribution in [1.29, 1.82) is 0 Å². The highest BCUT2D eigenvalue weighted by Gasteiger charge is 2.29. The average molecular weight is 398 g/mol. The summed E-state index contributed by atoms with van der Waals surface area (Å²) in [4.78, 5) is 13.8. The average Bonchev–Trinajstić information content (AvgIpc) is 2.66. The molecule has 0 amide bonds. The molecule has 1 aromatic carbocycles. The fourth-order valence-corrected chi connectivity index (χ4v) is 4.22. The molecule has 0 unspecified atom stereocenters. The summed E-state index contributed by atoms with van der Waals surface area (Å²) in [5.41, 5.74) is 0.328. The van der Waals surface area contributed by atoms with Crippen LogP contribution in [0.3, 0.4) is 0 Å². The number of benzene rings is 1. The summed E-state index contributed by atoms with van der Waals surface area (Å²) < 4.78 is 31.9. The Bertz CT molecular complexity index is 755. The van der Waals surface area contributed by atoms with Crippen molar-refractivity contribution in [2.75, 3.05) is 39.3 Å². The van der Waals surface area contributed by atoms with Crippen LogP contribution in [0.5, 0.6) is 0 Å². The molecule has 1 saturated heterocycles. The topological polar surface area (TPSA) is 79.0 Å². The van der Waals surface area contributed by atoms with Crippen LogP contribution in [0.15, 0.2) is 41.8 Å². The maximum Gasteiger partial charge on any atom is 0.338 e. The van der Waals surface area contributed by atoms with E-state index >= 15 is 0 Å². The van der Waals surface area contributed by atoms with Gasteiger partial charge in [0.2, 0.25) is 10.0 Å². The molecule has 0 saturated carbocycles. The van der Waals surface area contributed by atoms with Crippen molar-refractivity contribution in [1.82, 2.24) is 14.5 Å². The molecule has 1 N–H and O–H groups in total. The first-order valence-electron chi connectivity index (χ1n) is 8.31. The highest BCUT2D eigenvalue weighted by atomic mass is 32.2. The van der Waals surface area contributed by atoms with E-state index in [0.717, 1.165) is 0 Å². The van der Waals surface area contributed by atoms with Crippen LogP contribution >= 0.6 is 12.2 Å². The Morgan fingerprint density at radius 3 is 2.42 bits per heavy atom. The lowest BCUT2D eigenvalue weighted by molar-refractivity contribution is 0.0526. The molecule has 2 rings (SSSR count). The molecule has 0 bridgehead atoms. The van der Waals surface area contributed by atoms with Crippen LogP contribution in [-0.4, -0.2) is 68.0 Å². The summed E-state index contributed by atoms with van der Waals surface area (Å²) in [5, 5.41) is 3.64. The van der Waals surface area contributed by atoms with E-state index in [4.69, 9.17) is 17.0 Å². The van der Waals surface area contributed by atoms with Crippen molar-refractivity contribution in [3.05, 3.63) is 42.5 Å². The molecule has 26 heavy (non-hydrogen) atoms. The highest BCUT2D eigenvalue weighted by molar-refractivity contribution is 7.89. The second-order valence-electron chi connectivity index (χ2n) is 5.61. The Morgan fingerprint density at radius 2 is 1.88 bits per heavy atom. The molecule has 9 heteroatoms. The van der Waals surface area contributed by atoms with Crippen molar-refractivity contribution in [2.24, 2.45) is 0 Å². The SMILES string of the molecule is C=CCNC(=S)N1CCN(S(=O)(=O)c2ccc(C(=O)OCC)cc2)CC1. The molecule has 1 aliphatic rings. The minimum atomic E-state index is -3.61. The molecule has 0 spiro atoms. The number of piperazine rings is 1.